The number of hydrogen-bond acceptors (Lipinski definition) is 6. The monoisotopic (exact) mass is 346 g/mol. The maximum atomic E-state index is 4.73. The number of anilines is 2. The molecule has 1 fully saturated rings. The molecule has 0 spiro atoms. The van der Waals surface area contributed by atoms with E-state index < -0.39 is 0 Å². The summed E-state index contributed by atoms with van der Waals surface area (Å²) in [5.41, 5.74) is 2.21. The molecule has 1 aliphatic heterocycles. The summed E-state index contributed by atoms with van der Waals surface area (Å²) in [7, 11) is 0. The van der Waals surface area contributed by atoms with E-state index >= 15 is 0 Å². The number of hydrogen-bond donors (Lipinski definition) is 1. The number of nitrogens with zero attached hydrogens (tertiary/aromatic N) is 5. The summed E-state index contributed by atoms with van der Waals surface area (Å²) in [6.45, 7) is 3.00. The van der Waals surface area contributed by atoms with Gasteiger partial charge in [-0.15, -0.1) is 0 Å². The van der Waals surface area contributed by atoms with Crippen molar-refractivity contribution in [3.8, 4) is 0 Å². The number of rotatable bonds is 5. The van der Waals surface area contributed by atoms with Crippen molar-refractivity contribution >= 4 is 11.8 Å². The van der Waals surface area contributed by atoms with Crippen LogP contribution in [0.3, 0.4) is 0 Å². The molecular formula is C20H22N6. The molecule has 26 heavy (non-hydrogen) atoms. The van der Waals surface area contributed by atoms with E-state index in [0.717, 1.165) is 43.3 Å². The predicted octanol–water partition coefficient (Wildman–Crippen LogP) is 3.39. The third-order valence-corrected chi connectivity index (χ3v) is 4.62. The number of aromatic nitrogens is 4. The minimum absolute atomic E-state index is 0.416. The summed E-state index contributed by atoms with van der Waals surface area (Å²) in [5, 5.41) is 3.18. The van der Waals surface area contributed by atoms with E-state index in [1.807, 2.05) is 48.8 Å². The maximum Gasteiger partial charge on any atom is 0.228 e. The highest BCUT2D eigenvalue weighted by Gasteiger charge is 2.23. The van der Waals surface area contributed by atoms with Crippen molar-refractivity contribution in [2.75, 3.05) is 18.4 Å². The quantitative estimate of drug-likeness (QED) is 0.764. The second kappa shape index (κ2) is 8.01. The summed E-state index contributed by atoms with van der Waals surface area (Å²) in [4.78, 5) is 20.2. The lowest BCUT2D eigenvalue weighted by atomic mass is 9.94. The lowest BCUT2D eigenvalue weighted by Gasteiger charge is -2.32. The molecule has 1 unspecified atom stereocenters. The molecule has 6 heteroatoms. The van der Waals surface area contributed by atoms with Crippen LogP contribution < -0.4 is 5.32 Å². The van der Waals surface area contributed by atoms with Gasteiger partial charge in [-0.2, -0.15) is 0 Å². The largest absolute Gasteiger partial charge is 0.309 e. The summed E-state index contributed by atoms with van der Waals surface area (Å²) < 4.78 is 0. The van der Waals surface area contributed by atoms with Crippen molar-refractivity contribution in [3.05, 3.63) is 72.4 Å². The van der Waals surface area contributed by atoms with Crippen LogP contribution in [-0.4, -0.2) is 37.9 Å². The van der Waals surface area contributed by atoms with Crippen molar-refractivity contribution in [2.24, 2.45) is 0 Å². The van der Waals surface area contributed by atoms with Gasteiger partial charge in [-0.05, 0) is 49.7 Å². The van der Waals surface area contributed by atoms with Gasteiger partial charge >= 0.3 is 0 Å². The Kier molecular flexibility index (Phi) is 5.12. The van der Waals surface area contributed by atoms with Crippen molar-refractivity contribution < 1.29 is 0 Å². The molecule has 4 rings (SSSR count). The Morgan fingerprint density at radius 2 is 1.85 bits per heavy atom. The van der Waals surface area contributed by atoms with Gasteiger partial charge in [0.25, 0.3) is 0 Å². The van der Waals surface area contributed by atoms with Gasteiger partial charge in [-0.25, -0.2) is 15.0 Å². The molecule has 4 heterocycles. The van der Waals surface area contributed by atoms with Crippen molar-refractivity contribution in [1.82, 2.24) is 24.8 Å². The van der Waals surface area contributed by atoms with E-state index in [-0.39, 0.29) is 0 Å². The van der Waals surface area contributed by atoms with Crippen LogP contribution in [0.1, 0.15) is 30.1 Å². The van der Waals surface area contributed by atoms with Crippen LogP contribution in [0.15, 0.2) is 61.1 Å². The Hall–Kier alpha value is -2.86. The van der Waals surface area contributed by atoms with Gasteiger partial charge in [-0.1, -0.05) is 12.1 Å². The molecule has 0 bridgehead atoms. The standard InChI is InChI=1S/C20H22N6/c1-3-10-21-17(7-1)15-26-13-5-6-16(14-26)18-9-12-23-20(24-18)25-19-8-2-4-11-22-19/h1-4,7-12,16H,5-6,13-15H2,(H,22,23,24,25). The summed E-state index contributed by atoms with van der Waals surface area (Å²) in [6, 6.07) is 13.9. The molecule has 132 valence electrons. The lowest BCUT2D eigenvalue weighted by molar-refractivity contribution is 0.196. The van der Waals surface area contributed by atoms with Crippen molar-refractivity contribution in [3.63, 3.8) is 0 Å². The van der Waals surface area contributed by atoms with E-state index in [9.17, 15) is 0 Å². The zero-order valence-corrected chi connectivity index (χ0v) is 14.6. The summed E-state index contributed by atoms with van der Waals surface area (Å²) in [5.74, 6) is 1.77. The highest BCUT2D eigenvalue weighted by atomic mass is 15.2. The van der Waals surface area contributed by atoms with Gasteiger partial charge in [0.2, 0.25) is 5.95 Å². The van der Waals surface area contributed by atoms with Crippen molar-refractivity contribution in [1.29, 1.82) is 0 Å². The summed E-state index contributed by atoms with van der Waals surface area (Å²) >= 11 is 0. The first-order valence-electron chi connectivity index (χ1n) is 9.00. The Bertz CT molecular complexity index is 824. The van der Waals surface area contributed by atoms with Gasteiger partial charge in [0.05, 0.1) is 11.4 Å². The van der Waals surface area contributed by atoms with Gasteiger partial charge < -0.3 is 5.32 Å². The fourth-order valence-electron chi connectivity index (χ4n) is 3.37. The highest BCUT2D eigenvalue weighted by molar-refractivity contribution is 5.46. The number of piperidine rings is 1. The Balaban J connectivity index is 1.44. The van der Waals surface area contributed by atoms with Gasteiger partial charge in [0.15, 0.2) is 0 Å². The average Bonchev–Trinajstić information content (AvgIpc) is 2.70. The Morgan fingerprint density at radius 3 is 2.65 bits per heavy atom. The molecule has 3 aromatic heterocycles. The lowest BCUT2D eigenvalue weighted by Crippen LogP contribution is -2.34. The van der Waals surface area contributed by atoms with E-state index in [0.29, 0.717) is 11.9 Å². The number of likely N-dealkylation sites (tertiary alicyclic amines) is 1. The second-order valence-corrected chi connectivity index (χ2v) is 6.54. The Morgan fingerprint density at radius 1 is 0.962 bits per heavy atom. The van der Waals surface area contributed by atoms with Gasteiger partial charge in [-0.3, -0.25) is 9.88 Å². The fraction of sp³-hybridized carbons (Fsp3) is 0.300. The number of pyridine rings is 2. The average molecular weight is 346 g/mol. The first kappa shape index (κ1) is 16.6. The van der Waals surface area contributed by atoms with Crippen LogP contribution in [0.5, 0.6) is 0 Å². The molecular weight excluding hydrogens is 324 g/mol. The van der Waals surface area contributed by atoms with E-state index in [1.54, 1.807) is 6.20 Å². The van der Waals surface area contributed by atoms with Gasteiger partial charge in [0.1, 0.15) is 5.82 Å². The van der Waals surface area contributed by atoms with Crippen LogP contribution in [0.4, 0.5) is 11.8 Å². The SMILES string of the molecule is c1ccc(CN2CCCC(c3ccnc(Nc4ccccn4)n3)C2)nc1. The molecule has 0 amide bonds. The second-order valence-electron chi connectivity index (χ2n) is 6.54. The molecule has 0 aromatic carbocycles. The first-order valence-corrected chi connectivity index (χ1v) is 9.00. The molecule has 1 saturated heterocycles. The molecule has 0 aliphatic carbocycles. The molecule has 1 aliphatic rings. The normalized spacial score (nSPS) is 17.8. The molecule has 3 aromatic rings. The topological polar surface area (TPSA) is 66.8 Å². The smallest absolute Gasteiger partial charge is 0.228 e. The number of nitrogens with one attached hydrogen (secondary N) is 1. The minimum Gasteiger partial charge on any atom is -0.309 e. The van der Waals surface area contributed by atoms with Crippen LogP contribution in [0, 0.1) is 0 Å². The van der Waals surface area contributed by atoms with Crippen molar-refractivity contribution in [2.45, 2.75) is 25.3 Å². The molecule has 6 nitrogen and oxygen atoms in total. The van der Waals surface area contributed by atoms with E-state index in [4.69, 9.17) is 4.98 Å². The molecule has 0 radical (unpaired) electrons. The van der Waals surface area contributed by atoms with Crippen LogP contribution in [0.25, 0.3) is 0 Å². The van der Waals surface area contributed by atoms with E-state index in [1.165, 1.54) is 6.42 Å². The first-order chi connectivity index (χ1) is 12.9. The molecule has 1 atom stereocenters. The van der Waals surface area contributed by atoms with Gasteiger partial charge in [0, 0.05) is 37.6 Å². The maximum absolute atomic E-state index is 4.73. The highest BCUT2D eigenvalue weighted by Crippen LogP contribution is 2.27. The zero-order valence-electron chi connectivity index (χ0n) is 14.6. The zero-order chi connectivity index (χ0) is 17.6. The summed E-state index contributed by atoms with van der Waals surface area (Å²) in [6.07, 6.45) is 7.76. The molecule has 1 N–H and O–H groups in total. The molecule has 0 saturated carbocycles. The van der Waals surface area contributed by atoms with Crippen LogP contribution in [0.2, 0.25) is 0 Å². The van der Waals surface area contributed by atoms with E-state index in [2.05, 4.69) is 31.2 Å². The van der Waals surface area contributed by atoms with Crippen LogP contribution >= 0.6 is 0 Å². The third-order valence-electron chi connectivity index (χ3n) is 4.62. The minimum atomic E-state index is 0.416. The Labute approximate surface area is 153 Å². The van der Waals surface area contributed by atoms with Crippen LogP contribution in [-0.2, 0) is 6.54 Å². The fourth-order valence-corrected chi connectivity index (χ4v) is 3.37. The third kappa shape index (κ3) is 4.21. The predicted molar refractivity (Wildman–Crippen MR) is 101 cm³/mol.